The Morgan fingerprint density at radius 2 is 2.03 bits per heavy atom. The van der Waals surface area contributed by atoms with Gasteiger partial charge in [-0.25, -0.2) is 9.78 Å². The molecule has 0 fully saturated rings. The number of ether oxygens (including phenoxy) is 1. The molecular formula is C25H23N5O3S3. The number of amides is 1. The minimum Gasteiger partial charge on any atom is -0.462 e. The molecular weight excluding hydrogens is 515 g/mol. The number of carbonyl (C=O) groups excluding carboxylic acids is 2. The molecule has 0 saturated heterocycles. The fraction of sp³-hybridized carbons (Fsp3) is 0.320. The maximum absolute atomic E-state index is 12.8. The first-order valence-corrected chi connectivity index (χ1v) is 14.1. The van der Waals surface area contributed by atoms with E-state index in [0.717, 1.165) is 41.7 Å². The maximum Gasteiger partial charge on any atom is 0.341 e. The van der Waals surface area contributed by atoms with Crippen LogP contribution in [0.1, 0.15) is 58.1 Å². The zero-order valence-electron chi connectivity index (χ0n) is 19.6. The number of hydrogen-bond acceptors (Lipinski definition) is 10. The Labute approximate surface area is 221 Å². The average Bonchev–Trinajstić information content (AvgIpc) is 3.51. The first-order valence-electron chi connectivity index (χ1n) is 11.4. The van der Waals surface area contributed by atoms with Crippen molar-refractivity contribution in [3.8, 4) is 23.3 Å². The molecule has 1 amide bonds. The maximum atomic E-state index is 12.8. The Hall–Kier alpha value is -3.38. The summed E-state index contributed by atoms with van der Waals surface area (Å²) in [5, 5.41) is 27.0. The van der Waals surface area contributed by atoms with Crippen molar-refractivity contribution in [1.29, 1.82) is 10.5 Å². The second-order valence-electron chi connectivity index (χ2n) is 7.94. The van der Waals surface area contributed by atoms with E-state index in [4.69, 9.17) is 10.5 Å². The number of esters is 1. The predicted molar refractivity (Wildman–Crippen MR) is 142 cm³/mol. The normalized spacial score (nSPS) is 12.3. The molecule has 3 aromatic heterocycles. The SMILES string of the molecule is CCOC(=O)c1c(NC(=O)CCSc2nc(N)c(C#N)c(-c3ccsc3)c2C#N)sc2c1CCCC2. The smallest absolute Gasteiger partial charge is 0.341 e. The van der Waals surface area contributed by atoms with Crippen molar-refractivity contribution < 1.29 is 14.3 Å². The zero-order chi connectivity index (χ0) is 25.7. The van der Waals surface area contributed by atoms with Crippen molar-refractivity contribution in [2.75, 3.05) is 23.4 Å². The fourth-order valence-corrected chi connectivity index (χ4v) is 6.98. The van der Waals surface area contributed by atoms with Crippen molar-refractivity contribution >= 4 is 57.1 Å². The molecule has 0 spiro atoms. The van der Waals surface area contributed by atoms with E-state index in [-0.39, 0.29) is 35.9 Å². The fourth-order valence-electron chi connectivity index (χ4n) is 4.10. The number of hydrogen-bond donors (Lipinski definition) is 2. The lowest BCUT2D eigenvalue weighted by molar-refractivity contribution is -0.115. The molecule has 0 bridgehead atoms. The van der Waals surface area contributed by atoms with Gasteiger partial charge in [0, 0.05) is 22.6 Å². The molecule has 0 unspecified atom stereocenters. The standard InChI is InChI=1S/C25H23N5O3S3/c1-2-33-25(32)21-15-5-3-4-6-18(15)36-24(21)29-19(31)8-10-35-23-17(12-27)20(14-7-9-34-13-14)16(11-26)22(28)30-23/h7,9,13H,2-6,8,10H2,1H3,(H2,28,30)(H,29,31). The van der Waals surface area contributed by atoms with Gasteiger partial charge in [-0.2, -0.15) is 21.9 Å². The Bertz CT molecular complexity index is 1380. The van der Waals surface area contributed by atoms with Crippen LogP contribution < -0.4 is 11.1 Å². The Kier molecular flexibility index (Phi) is 8.26. The summed E-state index contributed by atoms with van der Waals surface area (Å²) in [6.45, 7) is 2.03. The summed E-state index contributed by atoms with van der Waals surface area (Å²) in [7, 11) is 0. The molecule has 8 nitrogen and oxygen atoms in total. The lowest BCUT2D eigenvalue weighted by Crippen LogP contribution is -2.16. The topological polar surface area (TPSA) is 142 Å². The van der Waals surface area contributed by atoms with Gasteiger partial charge in [-0.1, -0.05) is 0 Å². The number of aromatic nitrogens is 1. The van der Waals surface area contributed by atoms with Gasteiger partial charge in [0.2, 0.25) is 5.91 Å². The summed E-state index contributed by atoms with van der Waals surface area (Å²) < 4.78 is 5.25. The molecule has 3 N–H and O–H groups in total. The quantitative estimate of drug-likeness (QED) is 0.288. The van der Waals surface area contributed by atoms with Crippen LogP contribution in [0.3, 0.4) is 0 Å². The van der Waals surface area contributed by atoms with Crippen LogP contribution in [0.4, 0.5) is 10.8 Å². The highest BCUT2D eigenvalue weighted by molar-refractivity contribution is 7.99. The van der Waals surface area contributed by atoms with E-state index in [1.165, 1.54) is 34.4 Å². The van der Waals surface area contributed by atoms with Crippen LogP contribution in [-0.2, 0) is 22.4 Å². The molecule has 4 rings (SSSR count). The van der Waals surface area contributed by atoms with Crippen molar-refractivity contribution in [3.05, 3.63) is 44.0 Å². The van der Waals surface area contributed by atoms with Gasteiger partial charge >= 0.3 is 5.97 Å². The summed E-state index contributed by atoms with van der Waals surface area (Å²) in [4.78, 5) is 30.8. The average molecular weight is 538 g/mol. The minimum atomic E-state index is -0.404. The summed E-state index contributed by atoms with van der Waals surface area (Å²) in [5.74, 6) is -0.266. The summed E-state index contributed by atoms with van der Waals surface area (Å²) >= 11 is 4.13. The van der Waals surface area contributed by atoms with Gasteiger partial charge in [-0.05, 0) is 60.6 Å². The second-order valence-corrected chi connectivity index (χ2v) is 10.9. The van der Waals surface area contributed by atoms with Crippen molar-refractivity contribution in [2.24, 2.45) is 0 Å². The number of carbonyl (C=O) groups is 2. The van der Waals surface area contributed by atoms with Gasteiger partial charge in [0.15, 0.2) is 0 Å². The third-order valence-electron chi connectivity index (χ3n) is 5.70. The number of thiophene rings is 2. The number of thioether (sulfide) groups is 1. The number of aryl methyl sites for hydroxylation is 1. The van der Waals surface area contributed by atoms with Gasteiger partial charge in [-0.3, -0.25) is 4.79 Å². The lowest BCUT2D eigenvalue weighted by Gasteiger charge is -2.12. The first kappa shape index (κ1) is 25.7. The van der Waals surface area contributed by atoms with Crippen LogP contribution in [-0.4, -0.2) is 29.2 Å². The molecule has 0 aliphatic heterocycles. The van der Waals surface area contributed by atoms with Gasteiger partial charge in [0.1, 0.15) is 33.5 Å². The molecule has 1 aliphatic rings. The van der Waals surface area contributed by atoms with Crippen LogP contribution in [0, 0.1) is 22.7 Å². The largest absolute Gasteiger partial charge is 0.462 e. The molecule has 1 aliphatic carbocycles. The lowest BCUT2D eigenvalue weighted by atomic mass is 9.95. The predicted octanol–water partition coefficient (Wildman–Crippen LogP) is 5.37. The monoisotopic (exact) mass is 537 g/mol. The van der Waals surface area contributed by atoms with Gasteiger partial charge < -0.3 is 15.8 Å². The summed E-state index contributed by atoms with van der Waals surface area (Å²) in [6.07, 6.45) is 3.91. The number of nitrogens with one attached hydrogen (secondary N) is 1. The number of fused-ring (bicyclic) bond motifs is 1. The number of nitrogens with two attached hydrogens (primary N) is 1. The minimum absolute atomic E-state index is 0.0490. The van der Waals surface area contributed by atoms with Crippen LogP contribution in [0.2, 0.25) is 0 Å². The molecule has 3 heterocycles. The van der Waals surface area contributed by atoms with E-state index < -0.39 is 5.97 Å². The first-order chi connectivity index (χ1) is 17.5. The highest BCUT2D eigenvalue weighted by Crippen LogP contribution is 2.39. The van der Waals surface area contributed by atoms with Crippen LogP contribution in [0.25, 0.3) is 11.1 Å². The second kappa shape index (κ2) is 11.6. The van der Waals surface area contributed by atoms with Gasteiger partial charge in [0.05, 0.1) is 17.7 Å². The third-order valence-corrected chi connectivity index (χ3v) is 8.56. The van der Waals surface area contributed by atoms with Crippen LogP contribution in [0.5, 0.6) is 0 Å². The Morgan fingerprint density at radius 1 is 1.25 bits per heavy atom. The number of rotatable bonds is 8. The molecule has 36 heavy (non-hydrogen) atoms. The number of pyridine rings is 1. The van der Waals surface area contributed by atoms with Gasteiger partial charge in [0.25, 0.3) is 0 Å². The molecule has 11 heteroatoms. The number of nitrogens with zero attached hydrogens (tertiary/aromatic N) is 3. The van der Waals surface area contributed by atoms with E-state index in [1.54, 1.807) is 6.92 Å². The highest BCUT2D eigenvalue weighted by Gasteiger charge is 2.27. The van der Waals surface area contributed by atoms with Crippen LogP contribution in [0.15, 0.2) is 21.9 Å². The Morgan fingerprint density at radius 3 is 2.72 bits per heavy atom. The Balaban J connectivity index is 1.50. The zero-order valence-corrected chi connectivity index (χ0v) is 22.0. The van der Waals surface area contributed by atoms with Gasteiger partial charge in [-0.15, -0.1) is 23.1 Å². The van der Waals surface area contributed by atoms with Crippen molar-refractivity contribution in [2.45, 2.75) is 44.1 Å². The van der Waals surface area contributed by atoms with E-state index in [0.29, 0.717) is 26.9 Å². The van der Waals surface area contributed by atoms with E-state index >= 15 is 0 Å². The van der Waals surface area contributed by atoms with E-state index in [2.05, 4.69) is 22.4 Å². The van der Waals surface area contributed by atoms with Crippen LogP contribution >= 0.6 is 34.4 Å². The molecule has 0 atom stereocenters. The summed E-state index contributed by atoms with van der Waals surface area (Å²) in [6, 6.07) is 6.04. The van der Waals surface area contributed by atoms with Crippen molar-refractivity contribution in [3.63, 3.8) is 0 Å². The number of nitriles is 2. The highest BCUT2D eigenvalue weighted by atomic mass is 32.2. The summed E-state index contributed by atoms with van der Waals surface area (Å²) in [5.41, 5.74) is 9.13. The molecule has 184 valence electrons. The van der Waals surface area contributed by atoms with E-state index in [9.17, 15) is 20.1 Å². The molecule has 0 radical (unpaired) electrons. The van der Waals surface area contributed by atoms with Crippen molar-refractivity contribution in [1.82, 2.24) is 4.98 Å². The number of nitrogen functional groups attached to an aromatic ring is 1. The van der Waals surface area contributed by atoms with E-state index in [1.807, 2.05) is 16.8 Å². The molecule has 0 aromatic carbocycles. The molecule has 0 saturated carbocycles. The number of anilines is 2. The third kappa shape index (κ3) is 5.24. The molecule has 3 aromatic rings.